The Labute approximate surface area is 105 Å². The molecular weight excluding hydrogens is 245 g/mol. The third-order valence-corrected chi connectivity index (χ3v) is 2.34. The van der Waals surface area contributed by atoms with Crippen molar-refractivity contribution in [1.29, 1.82) is 0 Å². The Morgan fingerprint density at radius 1 is 1.06 bits per heavy atom. The fourth-order valence-corrected chi connectivity index (χ4v) is 1.51. The van der Waals surface area contributed by atoms with E-state index in [9.17, 15) is 4.79 Å². The molecule has 16 heavy (non-hydrogen) atoms. The first-order valence-electron chi connectivity index (χ1n) is 4.49. The molecule has 0 radical (unpaired) electrons. The zero-order valence-electron chi connectivity index (χ0n) is 8.26. The van der Waals surface area contributed by atoms with Gasteiger partial charge >= 0.3 is 0 Å². The standard InChI is InChI=1S/C12H8ClNO.ClH/c13-12-10(7-4-8-14-12)11(15)9-5-2-1-3-6-9;/h1-8H;1H. The molecule has 0 fully saturated rings. The molecule has 1 heterocycles. The number of halogens is 2. The van der Waals surface area contributed by atoms with Crippen molar-refractivity contribution in [3.63, 3.8) is 0 Å². The summed E-state index contributed by atoms with van der Waals surface area (Å²) >= 11 is 5.84. The quantitative estimate of drug-likeness (QED) is 0.607. The van der Waals surface area contributed by atoms with Gasteiger partial charge in [0.2, 0.25) is 0 Å². The molecule has 0 aliphatic heterocycles. The van der Waals surface area contributed by atoms with Crippen molar-refractivity contribution in [2.45, 2.75) is 0 Å². The molecule has 0 aliphatic carbocycles. The molecule has 1 aromatic heterocycles. The summed E-state index contributed by atoms with van der Waals surface area (Å²) in [6.07, 6.45) is 1.56. The van der Waals surface area contributed by atoms with Crippen LogP contribution in [0.5, 0.6) is 0 Å². The minimum Gasteiger partial charge on any atom is -0.288 e. The highest BCUT2D eigenvalue weighted by Gasteiger charge is 2.11. The number of rotatable bonds is 2. The Kier molecular flexibility index (Phi) is 4.47. The van der Waals surface area contributed by atoms with Gasteiger partial charge in [0.1, 0.15) is 5.15 Å². The van der Waals surface area contributed by atoms with E-state index < -0.39 is 0 Å². The van der Waals surface area contributed by atoms with Crippen molar-refractivity contribution >= 4 is 29.8 Å². The summed E-state index contributed by atoms with van der Waals surface area (Å²) in [7, 11) is 0. The van der Waals surface area contributed by atoms with E-state index >= 15 is 0 Å². The highest BCUT2D eigenvalue weighted by molar-refractivity contribution is 6.33. The van der Waals surface area contributed by atoms with E-state index in [0.717, 1.165) is 0 Å². The Hall–Kier alpha value is -1.38. The molecule has 0 unspecified atom stereocenters. The summed E-state index contributed by atoms with van der Waals surface area (Å²) in [4.78, 5) is 15.8. The molecule has 1 aromatic carbocycles. The van der Waals surface area contributed by atoms with Gasteiger partial charge < -0.3 is 0 Å². The van der Waals surface area contributed by atoms with Gasteiger partial charge in [-0.15, -0.1) is 12.4 Å². The highest BCUT2D eigenvalue weighted by atomic mass is 35.5. The second kappa shape index (κ2) is 5.64. The van der Waals surface area contributed by atoms with Crippen LogP contribution in [0.15, 0.2) is 48.7 Å². The Balaban J connectivity index is 0.00000128. The lowest BCUT2D eigenvalue weighted by Crippen LogP contribution is -2.02. The van der Waals surface area contributed by atoms with Gasteiger partial charge in [0, 0.05) is 11.8 Å². The number of hydrogen-bond donors (Lipinski definition) is 0. The van der Waals surface area contributed by atoms with Gasteiger partial charge in [0.25, 0.3) is 0 Å². The first-order chi connectivity index (χ1) is 7.29. The molecule has 2 rings (SSSR count). The number of benzene rings is 1. The van der Waals surface area contributed by atoms with Crippen LogP contribution in [0.1, 0.15) is 15.9 Å². The number of aromatic nitrogens is 1. The molecule has 0 saturated carbocycles. The molecule has 4 heteroatoms. The maximum Gasteiger partial charge on any atom is 0.196 e. The van der Waals surface area contributed by atoms with Crippen LogP contribution in [0.2, 0.25) is 5.15 Å². The fraction of sp³-hybridized carbons (Fsp3) is 0. The summed E-state index contributed by atoms with van der Waals surface area (Å²) < 4.78 is 0. The minimum atomic E-state index is -0.103. The predicted octanol–water partition coefficient (Wildman–Crippen LogP) is 3.39. The highest BCUT2D eigenvalue weighted by Crippen LogP contribution is 2.16. The first kappa shape index (κ1) is 12.7. The van der Waals surface area contributed by atoms with E-state index in [2.05, 4.69) is 4.98 Å². The maximum atomic E-state index is 11.9. The van der Waals surface area contributed by atoms with E-state index in [1.54, 1.807) is 30.5 Å². The van der Waals surface area contributed by atoms with Crippen LogP contribution >= 0.6 is 24.0 Å². The van der Waals surface area contributed by atoms with Crippen LogP contribution in [0.3, 0.4) is 0 Å². The van der Waals surface area contributed by atoms with Gasteiger partial charge in [-0.3, -0.25) is 4.79 Å². The number of hydrogen-bond acceptors (Lipinski definition) is 2. The lowest BCUT2D eigenvalue weighted by atomic mass is 10.1. The Morgan fingerprint density at radius 3 is 2.38 bits per heavy atom. The third kappa shape index (κ3) is 2.60. The van der Waals surface area contributed by atoms with Gasteiger partial charge in [-0.2, -0.15) is 0 Å². The van der Waals surface area contributed by atoms with Gasteiger partial charge in [-0.25, -0.2) is 4.98 Å². The number of pyridine rings is 1. The monoisotopic (exact) mass is 253 g/mol. The zero-order chi connectivity index (χ0) is 10.7. The summed E-state index contributed by atoms with van der Waals surface area (Å²) in [5.74, 6) is -0.103. The molecule has 0 N–H and O–H groups in total. The molecule has 0 amide bonds. The van der Waals surface area contributed by atoms with Crippen LogP contribution in [0.25, 0.3) is 0 Å². The summed E-state index contributed by atoms with van der Waals surface area (Å²) in [6, 6.07) is 12.4. The van der Waals surface area contributed by atoms with E-state index in [1.165, 1.54) is 0 Å². The fourth-order valence-electron chi connectivity index (χ4n) is 1.30. The van der Waals surface area contributed by atoms with Crippen LogP contribution in [0.4, 0.5) is 0 Å². The lowest BCUT2D eigenvalue weighted by molar-refractivity contribution is 0.103. The van der Waals surface area contributed by atoms with E-state index in [1.807, 2.05) is 18.2 Å². The van der Waals surface area contributed by atoms with Crippen molar-refractivity contribution in [2.24, 2.45) is 0 Å². The smallest absolute Gasteiger partial charge is 0.196 e. The molecular formula is C12H9Cl2NO. The molecule has 0 saturated heterocycles. The molecule has 82 valence electrons. The number of ketones is 1. The minimum absolute atomic E-state index is 0. The topological polar surface area (TPSA) is 30.0 Å². The van der Waals surface area contributed by atoms with Crippen molar-refractivity contribution in [3.8, 4) is 0 Å². The first-order valence-corrected chi connectivity index (χ1v) is 4.87. The normalized spacial score (nSPS) is 9.31. The summed E-state index contributed by atoms with van der Waals surface area (Å²) in [5, 5.41) is 0.242. The van der Waals surface area contributed by atoms with E-state index in [4.69, 9.17) is 11.6 Å². The van der Waals surface area contributed by atoms with Crippen LogP contribution in [0, 0.1) is 0 Å². The van der Waals surface area contributed by atoms with Crippen LogP contribution < -0.4 is 0 Å². The Morgan fingerprint density at radius 2 is 1.75 bits per heavy atom. The van der Waals surface area contributed by atoms with Gasteiger partial charge in [-0.1, -0.05) is 41.9 Å². The number of carbonyl (C=O) groups is 1. The van der Waals surface area contributed by atoms with Crippen LogP contribution in [-0.4, -0.2) is 10.8 Å². The van der Waals surface area contributed by atoms with Crippen molar-refractivity contribution in [3.05, 3.63) is 64.9 Å². The molecule has 0 bridgehead atoms. The average molecular weight is 254 g/mol. The van der Waals surface area contributed by atoms with Gasteiger partial charge in [0.05, 0.1) is 5.56 Å². The zero-order valence-corrected chi connectivity index (χ0v) is 9.83. The number of carbonyl (C=O) groups excluding carboxylic acids is 1. The second-order valence-corrected chi connectivity index (χ2v) is 3.39. The van der Waals surface area contributed by atoms with Crippen molar-refractivity contribution in [2.75, 3.05) is 0 Å². The molecule has 0 spiro atoms. The summed E-state index contributed by atoms with van der Waals surface area (Å²) in [6.45, 7) is 0. The predicted molar refractivity (Wildman–Crippen MR) is 66.4 cm³/mol. The van der Waals surface area contributed by atoms with Crippen molar-refractivity contribution < 1.29 is 4.79 Å². The van der Waals surface area contributed by atoms with Crippen LogP contribution in [-0.2, 0) is 0 Å². The maximum absolute atomic E-state index is 11.9. The van der Waals surface area contributed by atoms with E-state index in [-0.39, 0.29) is 23.3 Å². The van der Waals surface area contributed by atoms with Gasteiger partial charge in [0.15, 0.2) is 5.78 Å². The SMILES string of the molecule is Cl.O=C(c1ccccc1)c1cccnc1Cl. The largest absolute Gasteiger partial charge is 0.288 e. The third-order valence-electron chi connectivity index (χ3n) is 2.04. The van der Waals surface area contributed by atoms with E-state index in [0.29, 0.717) is 11.1 Å². The van der Waals surface area contributed by atoms with Gasteiger partial charge in [-0.05, 0) is 12.1 Å². The molecule has 0 atom stereocenters. The summed E-state index contributed by atoms with van der Waals surface area (Å²) in [5.41, 5.74) is 1.05. The lowest BCUT2D eigenvalue weighted by Gasteiger charge is -2.01. The molecule has 0 aliphatic rings. The second-order valence-electron chi connectivity index (χ2n) is 3.04. The molecule has 2 nitrogen and oxygen atoms in total. The van der Waals surface area contributed by atoms with Crippen molar-refractivity contribution in [1.82, 2.24) is 4.98 Å². The average Bonchev–Trinajstić information content (AvgIpc) is 2.30. The Bertz CT molecular complexity index is 485. The molecule has 2 aromatic rings. The number of nitrogens with zero attached hydrogens (tertiary/aromatic N) is 1.